The number of quaternary nitrogens is 1. The van der Waals surface area contributed by atoms with Crippen LogP contribution >= 0.6 is 7.82 Å². The highest BCUT2D eigenvalue weighted by molar-refractivity contribution is 7.45. The van der Waals surface area contributed by atoms with Crippen molar-refractivity contribution in [1.29, 1.82) is 0 Å². The standard InChI is InChI=1S/C68H108NO8P/c1-6-8-10-12-14-16-18-20-22-24-26-28-30-31-32-33-34-35-36-37-39-41-43-45-47-49-51-53-55-57-59-61-68(71)77-66(65-76-78(72,73)75-63-62-69(3,4)5)64-74-67(70)60-58-56-54-52-50-48-46-44-42-40-38-29-27-25-23-21-19-17-15-13-11-9-7-2/h8-11,14-17,20-23,26-29,31-32,34-35,37,39-40,42-43,45-46,48,66H,6-7,12-13,18-19,24-25,30,33,36,38,41,44,47,49-65H2,1-5H3/b10-8-,11-9-,16-14-,17-15-,22-20-,23-21-,28-26-,29-27-,32-31-,35-34-,39-37-,42-40-,45-43-,48-46-. The molecule has 0 aromatic rings. The van der Waals surface area contributed by atoms with E-state index in [4.69, 9.17) is 18.5 Å². The summed E-state index contributed by atoms with van der Waals surface area (Å²) in [5, 5.41) is 0. The summed E-state index contributed by atoms with van der Waals surface area (Å²) < 4.78 is 34.1. The van der Waals surface area contributed by atoms with Gasteiger partial charge in [-0.2, -0.15) is 0 Å². The summed E-state index contributed by atoms with van der Waals surface area (Å²) in [6, 6.07) is 0. The van der Waals surface area contributed by atoms with E-state index in [9.17, 15) is 19.0 Å². The van der Waals surface area contributed by atoms with Gasteiger partial charge in [-0.3, -0.25) is 14.2 Å². The van der Waals surface area contributed by atoms with Crippen LogP contribution in [0.5, 0.6) is 0 Å². The van der Waals surface area contributed by atoms with Crippen LogP contribution in [0, 0.1) is 0 Å². The van der Waals surface area contributed by atoms with Crippen molar-refractivity contribution in [2.45, 2.75) is 200 Å². The normalized spacial score (nSPS) is 14.5. The third-order valence-electron chi connectivity index (χ3n) is 11.7. The zero-order valence-corrected chi connectivity index (χ0v) is 50.4. The Kier molecular flexibility index (Phi) is 53.7. The van der Waals surface area contributed by atoms with Crippen LogP contribution < -0.4 is 4.89 Å². The lowest BCUT2D eigenvalue weighted by atomic mass is 10.1. The van der Waals surface area contributed by atoms with Crippen LogP contribution in [0.3, 0.4) is 0 Å². The fraction of sp³-hybridized carbons (Fsp3) is 0.559. The molecule has 0 saturated heterocycles. The van der Waals surface area contributed by atoms with Gasteiger partial charge in [0.1, 0.15) is 19.8 Å². The Morgan fingerprint density at radius 2 is 0.692 bits per heavy atom. The van der Waals surface area contributed by atoms with Gasteiger partial charge >= 0.3 is 11.9 Å². The van der Waals surface area contributed by atoms with Gasteiger partial charge in [-0.1, -0.05) is 223 Å². The maximum absolute atomic E-state index is 12.8. The van der Waals surface area contributed by atoms with Gasteiger partial charge < -0.3 is 27.9 Å². The number of phosphoric ester groups is 1. The van der Waals surface area contributed by atoms with Crippen LogP contribution in [0.4, 0.5) is 0 Å². The smallest absolute Gasteiger partial charge is 0.306 e. The number of unbranched alkanes of at least 4 members (excludes halogenated alkanes) is 10. The first-order valence-electron chi connectivity index (χ1n) is 29.8. The van der Waals surface area contributed by atoms with Gasteiger partial charge in [0.25, 0.3) is 7.82 Å². The quantitative estimate of drug-likeness (QED) is 0.0195. The number of ether oxygens (including phenoxy) is 2. The molecule has 2 atom stereocenters. The van der Waals surface area contributed by atoms with E-state index in [-0.39, 0.29) is 26.1 Å². The summed E-state index contributed by atoms with van der Waals surface area (Å²) in [7, 11) is 1.11. The molecule has 2 unspecified atom stereocenters. The third kappa shape index (κ3) is 60.6. The first kappa shape index (κ1) is 73.4. The Hall–Kier alpha value is -4.63. The van der Waals surface area contributed by atoms with Gasteiger partial charge in [0.05, 0.1) is 27.7 Å². The highest BCUT2D eigenvalue weighted by atomic mass is 31.2. The highest BCUT2D eigenvalue weighted by Crippen LogP contribution is 2.38. The topological polar surface area (TPSA) is 111 Å². The molecule has 0 aromatic heterocycles. The number of likely N-dealkylation sites (N-methyl/N-ethyl adjacent to an activating group) is 1. The molecule has 0 radical (unpaired) electrons. The monoisotopic (exact) mass is 1100 g/mol. The molecular formula is C68H108NO8P. The second-order valence-corrected chi connectivity index (χ2v) is 21.7. The minimum absolute atomic E-state index is 0.0494. The van der Waals surface area contributed by atoms with Crippen LogP contribution in [0.2, 0.25) is 0 Å². The number of phosphoric acid groups is 1. The Balaban J connectivity index is 4.31. The molecule has 438 valence electrons. The fourth-order valence-corrected chi connectivity index (χ4v) is 7.93. The molecule has 0 heterocycles. The van der Waals surface area contributed by atoms with E-state index in [2.05, 4.69) is 184 Å². The van der Waals surface area contributed by atoms with Gasteiger partial charge in [-0.05, 0) is 128 Å². The van der Waals surface area contributed by atoms with Crippen molar-refractivity contribution < 1.29 is 42.1 Å². The molecule has 0 saturated carbocycles. The predicted octanol–water partition coefficient (Wildman–Crippen LogP) is 18.4. The van der Waals surface area contributed by atoms with Gasteiger partial charge in [0.15, 0.2) is 6.10 Å². The minimum atomic E-state index is -4.66. The van der Waals surface area contributed by atoms with Gasteiger partial charge in [0, 0.05) is 12.8 Å². The number of hydrogen-bond donors (Lipinski definition) is 0. The van der Waals surface area contributed by atoms with Gasteiger partial charge in [-0.25, -0.2) is 0 Å². The molecule has 0 aliphatic rings. The number of esters is 2. The van der Waals surface area contributed by atoms with E-state index in [1.54, 1.807) is 0 Å². The first-order chi connectivity index (χ1) is 38.0. The second kappa shape index (κ2) is 57.1. The van der Waals surface area contributed by atoms with E-state index < -0.39 is 32.5 Å². The van der Waals surface area contributed by atoms with E-state index in [0.717, 1.165) is 154 Å². The number of carbonyl (C=O) groups excluding carboxylic acids is 2. The Morgan fingerprint density at radius 1 is 0.397 bits per heavy atom. The minimum Gasteiger partial charge on any atom is -0.756 e. The molecule has 9 nitrogen and oxygen atoms in total. The molecule has 10 heteroatoms. The Labute approximate surface area is 477 Å². The number of nitrogens with zero attached hydrogens (tertiary/aromatic N) is 1. The van der Waals surface area contributed by atoms with Gasteiger partial charge in [-0.15, -0.1) is 0 Å². The Bertz CT molecular complexity index is 1920. The van der Waals surface area contributed by atoms with Crippen LogP contribution in [-0.4, -0.2) is 70.0 Å². The van der Waals surface area contributed by atoms with Crippen molar-refractivity contribution in [2.75, 3.05) is 47.5 Å². The molecule has 0 aliphatic heterocycles. The number of rotatable bonds is 52. The molecular weight excluding hydrogens is 990 g/mol. The van der Waals surface area contributed by atoms with E-state index in [1.165, 1.54) is 0 Å². The van der Waals surface area contributed by atoms with Crippen LogP contribution in [0.1, 0.15) is 194 Å². The molecule has 78 heavy (non-hydrogen) atoms. The van der Waals surface area contributed by atoms with E-state index in [0.29, 0.717) is 23.9 Å². The number of hydrogen-bond acceptors (Lipinski definition) is 8. The third-order valence-corrected chi connectivity index (χ3v) is 12.7. The van der Waals surface area contributed by atoms with Crippen molar-refractivity contribution in [2.24, 2.45) is 0 Å². The van der Waals surface area contributed by atoms with Crippen molar-refractivity contribution >= 4 is 19.8 Å². The Morgan fingerprint density at radius 3 is 1.03 bits per heavy atom. The zero-order chi connectivity index (χ0) is 57.0. The molecule has 0 aromatic carbocycles. The maximum Gasteiger partial charge on any atom is 0.306 e. The van der Waals surface area contributed by atoms with Crippen molar-refractivity contribution in [3.63, 3.8) is 0 Å². The summed E-state index contributed by atoms with van der Waals surface area (Å²) in [5.41, 5.74) is 0. The summed E-state index contributed by atoms with van der Waals surface area (Å²) in [6.45, 7) is 3.93. The SMILES string of the molecule is CC/C=C\C/C=C\C/C=C\C/C=C\C/C=C\C/C=C\C/C=C\C/C=C\CCCCCCCCC(=O)OC(COC(=O)CCCCCC/C=C\C/C=C\C/C=C\C/C=C\C/C=C\C/C=C\CC)COP(=O)([O-])OCC[N+](C)(C)C. The molecule has 0 fully saturated rings. The second-order valence-electron chi connectivity index (χ2n) is 20.2. The lowest BCUT2D eigenvalue weighted by Crippen LogP contribution is -2.37. The maximum atomic E-state index is 12.8. The largest absolute Gasteiger partial charge is 0.756 e. The fourth-order valence-electron chi connectivity index (χ4n) is 7.20. The van der Waals surface area contributed by atoms with Crippen molar-refractivity contribution in [3.8, 4) is 0 Å². The zero-order valence-electron chi connectivity index (χ0n) is 49.5. The molecule has 0 aliphatic carbocycles. The van der Waals surface area contributed by atoms with Crippen LogP contribution in [0.15, 0.2) is 170 Å². The summed E-state index contributed by atoms with van der Waals surface area (Å²) >= 11 is 0. The molecule has 0 spiro atoms. The number of carbonyl (C=O) groups is 2. The van der Waals surface area contributed by atoms with Crippen molar-refractivity contribution in [1.82, 2.24) is 0 Å². The molecule has 0 N–H and O–H groups in total. The van der Waals surface area contributed by atoms with Gasteiger partial charge in [0.2, 0.25) is 0 Å². The lowest BCUT2D eigenvalue weighted by molar-refractivity contribution is -0.870. The summed E-state index contributed by atoms with van der Waals surface area (Å²) in [5.74, 6) is -0.896. The number of allylic oxidation sites excluding steroid dienone is 28. The lowest BCUT2D eigenvalue weighted by Gasteiger charge is -2.28. The average molecular weight is 1100 g/mol. The summed E-state index contributed by atoms with van der Waals surface area (Å²) in [4.78, 5) is 37.9. The van der Waals surface area contributed by atoms with Crippen LogP contribution in [0.25, 0.3) is 0 Å². The van der Waals surface area contributed by atoms with Crippen molar-refractivity contribution in [3.05, 3.63) is 170 Å². The summed E-state index contributed by atoms with van der Waals surface area (Å²) in [6.07, 6.45) is 86.8. The van der Waals surface area contributed by atoms with Crippen LogP contribution in [-0.2, 0) is 32.7 Å². The predicted molar refractivity (Wildman–Crippen MR) is 332 cm³/mol. The molecule has 0 bridgehead atoms. The highest BCUT2D eigenvalue weighted by Gasteiger charge is 2.21. The molecule has 0 amide bonds. The average Bonchev–Trinajstić information content (AvgIpc) is 3.40. The molecule has 0 rings (SSSR count). The van der Waals surface area contributed by atoms with E-state index >= 15 is 0 Å². The first-order valence-corrected chi connectivity index (χ1v) is 31.3. The van der Waals surface area contributed by atoms with E-state index in [1.807, 2.05) is 21.1 Å².